The van der Waals surface area contributed by atoms with Gasteiger partial charge < -0.3 is 16.4 Å². The third-order valence-corrected chi connectivity index (χ3v) is 2.96. The third-order valence-electron chi connectivity index (χ3n) is 1.99. The Labute approximate surface area is 110 Å². The Hall–Kier alpha value is -2.02. The van der Waals surface area contributed by atoms with Crippen molar-refractivity contribution in [3.63, 3.8) is 0 Å². The fourth-order valence-electron chi connectivity index (χ4n) is 1.18. The SMILES string of the molecule is C=N/C(C(N)=O)=C(/NC)SCNc1cccnc1. The van der Waals surface area contributed by atoms with Crippen LogP contribution in [-0.2, 0) is 4.79 Å². The second kappa shape index (κ2) is 7.33. The van der Waals surface area contributed by atoms with Gasteiger partial charge in [-0.3, -0.25) is 14.8 Å². The van der Waals surface area contributed by atoms with Crippen molar-refractivity contribution in [1.82, 2.24) is 10.3 Å². The van der Waals surface area contributed by atoms with Crippen molar-refractivity contribution in [1.29, 1.82) is 0 Å². The molecule has 1 aromatic heterocycles. The molecule has 1 amide bonds. The summed E-state index contributed by atoms with van der Waals surface area (Å²) in [6.45, 7) is 3.32. The highest BCUT2D eigenvalue weighted by Crippen LogP contribution is 2.18. The molecule has 0 fully saturated rings. The van der Waals surface area contributed by atoms with Gasteiger partial charge in [0.1, 0.15) is 5.03 Å². The lowest BCUT2D eigenvalue weighted by atomic mass is 10.4. The minimum Gasteiger partial charge on any atom is -0.381 e. The number of aliphatic imine (C=N–C) groups is 1. The highest BCUT2D eigenvalue weighted by atomic mass is 32.2. The third kappa shape index (κ3) is 4.10. The average molecular weight is 265 g/mol. The largest absolute Gasteiger partial charge is 0.381 e. The van der Waals surface area contributed by atoms with E-state index in [-0.39, 0.29) is 5.70 Å². The summed E-state index contributed by atoms with van der Waals surface area (Å²) in [4.78, 5) is 18.7. The van der Waals surface area contributed by atoms with Gasteiger partial charge in [0.15, 0.2) is 5.70 Å². The Balaban J connectivity index is 2.60. The van der Waals surface area contributed by atoms with E-state index in [2.05, 4.69) is 27.3 Å². The molecule has 0 spiro atoms. The number of carbonyl (C=O) groups excluding carboxylic acids is 1. The van der Waals surface area contributed by atoms with Gasteiger partial charge in [-0.2, -0.15) is 0 Å². The van der Waals surface area contributed by atoms with Crippen molar-refractivity contribution < 1.29 is 4.79 Å². The average Bonchev–Trinajstić information content (AvgIpc) is 2.38. The molecule has 0 aliphatic rings. The van der Waals surface area contributed by atoms with Gasteiger partial charge in [-0.25, -0.2) is 0 Å². The van der Waals surface area contributed by atoms with Gasteiger partial charge in [0.05, 0.1) is 11.6 Å². The van der Waals surface area contributed by atoms with Gasteiger partial charge in [0.2, 0.25) is 0 Å². The lowest BCUT2D eigenvalue weighted by Crippen LogP contribution is -2.19. The molecule has 0 aliphatic heterocycles. The van der Waals surface area contributed by atoms with Crippen LogP contribution in [0.1, 0.15) is 0 Å². The number of nitrogens with one attached hydrogen (secondary N) is 2. The topological polar surface area (TPSA) is 92.4 Å². The number of hydrogen-bond acceptors (Lipinski definition) is 6. The number of anilines is 1. The van der Waals surface area contributed by atoms with Gasteiger partial charge in [0.25, 0.3) is 5.91 Å². The van der Waals surface area contributed by atoms with Gasteiger partial charge in [-0.15, -0.1) is 0 Å². The maximum absolute atomic E-state index is 11.1. The first-order valence-corrected chi connectivity index (χ1v) is 6.12. The molecule has 18 heavy (non-hydrogen) atoms. The zero-order chi connectivity index (χ0) is 13.4. The van der Waals surface area contributed by atoms with Crippen LogP contribution in [0.2, 0.25) is 0 Å². The van der Waals surface area contributed by atoms with Crippen LogP contribution in [0.15, 0.2) is 40.2 Å². The van der Waals surface area contributed by atoms with Crippen molar-refractivity contribution >= 4 is 30.1 Å². The van der Waals surface area contributed by atoms with E-state index in [1.165, 1.54) is 11.8 Å². The van der Waals surface area contributed by atoms with Crippen LogP contribution in [0.3, 0.4) is 0 Å². The molecule has 0 saturated heterocycles. The summed E-state index contributed by atoms with van der Waals surface area (Å²) in [5, 5.41) is 6.59. The molecule has 7 heteroatoms. The molecule has 1 aromatic rings. The fourth-order valence-corrected chi connectivity index (χ4v) is 2.01. The molecule has 0 unspecified atom stereocenters. The van der Waals surface area contributed by atoms with Crippen molar-refractivity contribution in [2.45, 2.75) is 0 Å². The molecule has 0 saturated carbocycles. The van der Waals surface area contributed by atoms with Gasteiger partial charge >= 0.3 is 0 Å². The van der Waals surface area contributed by atoms with Crippen LogP contribution in [0.25, 0.3) is 0 Å². The number of nitrogens with zero attached hydrogens (tertiary/aromatic N) is 2. The Morgan fingerprint density at radius 2 is 2.44 bits per heavy atom. The Morgan fingerprint density at radius 1 is 1.67 bits per heavy atom. The predicted octanol–water partition coefficient (Wildman–Crippen LogP) is 0.759. The van der Waals surface area contributed by atoms with E-state index in [9.17, 15) is 4.79 Å². The molecule has 1 heterocycles. The lowest BCUT2D eigenvalue weighted by Gasteiger charge is -2.10. The van der Waals surface area contributed by atoms with Crippen molar-refractivity contribution in [3.05, 3.63) is 35.3 Å². The van der Waals surface area contributed by atoms with Crippen LogP contribution in [0.5, 0.6) is 0 Å². The number of hydrogen-bond donors (Lipinski definition) is 3. The van der Waals surface area contributed by atoms with Gasteiger partial charge in [0, 0.05) is 19.4 Å². The van der Waals surface area contributed by atoms with E-state index >= 15 is 0 Å². The smallest absolute Gasteiger partial charge is 0.269 e. The first-order valence-electron chi connectivity index (χ1n) is 5.14. The van der Waals surface area contributed by atoms with E-state index in [4.69, 9.17) is 5.73 Å². The molecular weight excluding hydrogens is 250 g/mol. The Bertz CT molecular complexity index is 446. The summed E-state index contributed by atoms with van der Waals surface area (Å²) in [5.41, 5.74) is 6.22. The number of thioether (sulfide) groups is 1. The molecule has 0 atom stereocenters. The van der Waals surface area contributed by atoms with E-state index < -0.39 is 5.91 Å². The van der Waals surface area contributed by atoms with E-state index in [0.717, 1.165) is 5.69 Å². The fraction of sp³-hybridized carbons (Fsp3) is 0.182. The number of carbonyl (C=O) groups is 1. The molecule has 1 rings (SSSR count). The van der Waals surface area contributed by atoms with Crippen LogP contribution in [0, 0.1) is 0 Å². The molecule has 0 bridgehead atoms. The Morgan fingerprint density at radius 3 is 2.94 bits per heavy atom. The maximum atomic E-state index is 11.1. The number of primary amides is 1. The first-order chi connectivity index (χ1) is 8.69. The molecule has 0 radical (unpaired) electrons. The highest BCUT2D eigenvalue weighted by molar-refractivity contribution is 8.03. The van der Waals surface area contributed by atoms with Crippen LogP contribution in [-0.4, -0.2) is 30.5 Å². The summed E-state index contributed by atoms with van der Waals surface area (Å²) in [6.07, 6.45) is 3.41. The summed E-state index contributed by atoms with van der Waals surface area (Å²) in [7, 11) is 1.69. The monoisotopic (exact) mass is 265 g/mol. The van der Waals surface area contributed by atoms with Crippen molar-refractivity contribution in [2.75, 3.05) is 18.2 Å². The molecule has 6 nitrogen and oxygen atoms in total. The summed E-state index contributed by atoms with van der Waals surface area (Å²) >= 11 is 1.37. The van der Waals surface area contributed by atoms with Gasteiger partial charge in [-0.1, -0.05) is 11.8 Å². The van der Waals surface area contributed by atoms with Crippen LogP contribution < -0.4 is 16.4 Å². The minimum absolute atomic E-state index is 0.135. The number of pyridine rings is 1. The first kappa shape index (κ1) is 14.0. The molecule has 0 aromatic carbocycles. The zero-order valence-corrected chi connectivity index (χ0v) is 10.8. The minimum atomic E-state index is -0.608. The highest BCUT2D eigenvalue weighted by Gasteiger charge is 2.10. The summed E-state index contributed by atoms with van der Waals surface area (Å²) in [6, 6.07) is 3.74. The predicted molar refractivity (Wildman–Crippen MR) is 75.1 cm³/mol. The second-order valence-corrected chi connectivity index (χ2v) is 4.14. The quantitative estimate of drug-likeness (QED) is 0.384. The van der Waals surface area contributed by atoms with E-state index in [0.29, 0.717) is 10.9 Å². The van der Waals surface area contributed by atoms with Crippen LogP contribution in [0.4, 0.5) is 5.69 Å². The van der Waals surface area contributed by atoms with Crippen molar-refractivity contribution in [2.24, 2.45) is 10.7 Å². The summed E-state index contributed by atoms with van der Waals surface area (Å²) < 4.78 is 0. The second-order valence-electron chi connectivity index (χ2n) is 3.16. The van der Waals surface area contributed by atoms with Crippen molar-refractivity contribution in [3.8, 4) is 0 Å². The maximum Gasteiger partial charge on any atom is 0.269 e. The number of nitrogens with two attached hydrogens (primary N) is 1. The molecule has 96 valence electrons. The molecule has 4 N–H and O–H groups in total. The standard InChI is InChI=1S/C11H15N5OS/c1-13-9(10(12)17)11(14-2)18-7-16-8-4-3-5-15-6-8/h3-6,14,16H,1,7H2,2H3,(H2,12,17)/b11-9-. The molecule has 0 aliphatic carbocycles. The molecular formula is C11H15N5OS. The zero-order valence-electron chi connectivity index (χ0n) is 10.0. The number of aromatic nitrogens is 1. The summed E-state index contributed by atoms with van der Waals surface area (Å²) in [5.74, 6) is -0.0584. The van der Waals surface area contributed by atoms with Gasteiger partial charge in [-0.05, 0) is 18.9 Å². The van der Waals surface area contributed by atoms with E-state index in [1.807, 2.05) is 12.1 Å². The van der Waals surface area contributed by atoms with E-state index in [1.54, 1.807) is 19.4 Å². The number of rotatable bonds is 7. The Kier molecular flexibility index (Phi) is 5.72. The lowest BCUT2D eigenvalue weighted by molar-refractivity contribution is -0.114. The van der Waals surface area contributed by atoms with Crippen LogP contribution >= 0.6 is 11.8 Å². The number of amides is 1. The normalized spacial score (nSPS) is 11.4.